The van der Waals surface area contributed by atoms with Gasteiger partial charge in [0, 0.05) is 36.1 Å². The first kappa shape index (κ1) is 20.2. The van der Waals surface area contributed by atoms with Crippen LogP contribution in [-0.4, -0.2) is 33.9 Å². The number of rotatable bonds is 5. The number of nitrogens with one attached hydrogen (secondary N) is 1. The Morgan fingerprint density at radius 2 is 1.70 bits per heavy atom. The molecule has 1 amide bonds. The number of nitrogens with zero attached hydrogens (tertiary/aromatic N) is 3. The Labute approximate surface area is 178 Å². The van der Waals surface area contributed by atoms with E-state index in [-0.39, 0.29) is 11.8 Å². The van der Waals surface area contributed by atoms with E-state index in [4.69, 9.17) is 0 Å². The van der Waals surface area contributed by atoms with E-state index in [2.05, 4.69) is 63.5 Å². The van der Waals surface area contributed by atoms with Gasteiger partial charge in [-0.2, -0.15) is 0 Å². The van der Waals surface area contributed by atoms with Crippen molar-refractivity contribution in [2.24, 2.45) is 5.92 Å². The van der Waals surface area contributed by atoms with Crippen molar-refractivity contribution in [1.29, 1.82) is 0 Å². The normalized spacial score (nSPS) is 15.1. The van der Waals surface area contributed by atoms with Crippen molar-refractivity contribution in [3.63, 3.8) is 0 Å². The molecule has 0 saturated carbocycles. The van der Waals surface area contributed by atoms with Crippen molar-refractivity contribution in [3.8, 4) is 11.1 Å². The van der Waals surface area contributed by atoms with Crippen LogP contribution in [0.4, 0.5) is 5.69 Å². The molecule has 0 bridgehead atoms. The molecule has 1 aromatic heterocycles. The van der Waals surface area contributed by atoms with E-state index in [1.54, 1.807) is 0 Å². The molecule has 0 radical (unpaired) electrons. The highest BCUT2D eigenvalue weighted by atomic mass is 16.1. The van der Waals surface area contributed by atoms with Crippen molar-refractivity contribution in [1.82, 2.24) is 14.9 Å². The van der Waals surface area contributed by atoms with Gasteiger partial charge in [0.2, 0.25) is 5.91 Å². The summed E-state index contributed by atoms with van der Waals surface area (Å²) in [5.41, 5.74) is 5.57. The number of benzene rings is 2. The highest BCUT2D eigenvalue weighted by Crippen LogP contribution is 2.24. The van der Waals surface area contributed by atoms with Gasteiger partial charge in [0.15, 0.2) is 0 Å². The van der Waals surface area contributed by atoms with E-state index in [1.807, 2.05) is 31.5 Å². The largest absolute Gasteiger partial charge is 0.326 e. The van der Waals surface area contributed by atoms with Gasteiger partial charge in [0.05, 0.1) is 0 Å². The van der Waals surface area contributed by atoms with Crippen molar-refractivity contribution in [2.75, 3.05) is 18.4 Å². The minimum atomic E-state index is 0.0620. The molecule has 2 aromatic carbocycles. The monoisotopic (exact) mass is 400 g/mol. The van der Waals surface area contributed by atoms with E-state index in [0.717, 1.165) is 55.1 Å². The minimum absolute atomic E-state index is 0.0620. The van der Waals surface area contributed by atoms with Crippen molar-refractivity contribution in [2.45, 2.75) is 33.2 Å². The standard InChI is InChI=1S/C25H28N4O/c1-18-4-3-5-23(14-18)21-6-8-24(9-7-21)28-25(30)22-10-12-29(13-11-22)17-20-15-26-19(2)27-16-20/h3-9,14-16,22H,10-13,17H2,1-2H3,(H,28,30). The number of anilines is 1. The van der Waals surface area contributed by atoms with E-state index in [1.165, 1.54) is 11.1 Å². The molecule has 4 rings (SSSR count). The van der Waals surface area contributed by atoms with Crippen LogP contribution in [0.1, 0.15) is 29.8 Å². The quantitative estimate of drug-likeness (QED) is 0.679. The van der Waals surface area contributed by atoms with Crippen LogP contribution in [0.3, 0.4) is 0 Å². The predicted molar refractivity (Wildman–Crippen MR) is 120 cm³/mol. The van der Waals surface area contributed by atoms with Crippen molar-refractivity contribution in [3.05, 3.63) is 77.9 Å². The molecule has 1 aliphatic rings. The molecule has 154 valence electrons. The zero-order valence-corrected chi connectivity index (χ0v) is 17.6. The van der Waals surface area contributed by atoms with Gasteiger partial charge in [0.25, 0.3) is 0 Å². The molecule has 30 heavy (non-hydrogen) atoms. The van der Waals surface area contributed by atoms with E-state index < -0.39 is 0 Å². The fraction of sp³-hybridized carbons (Fsp3) is 0.320. The number of likely N-dealkylation sites (tertiary alicyclic amines) is 1. The summed E-state index contributed by atoms with van der Waals surface area (Å²) in [6.45, 7) is 6.66. The van der Waals surface area contributed by atoms with Gasteiger partial charge in [-0.05, 0) is 63.0 Å². The van der Waals surface area contributed by atoms with Crippen molar-refractivity contribution >= 4 is 11.6 Å². The summed E-state index contributed by atoms with van der Waals surface area (Å²) in [5, 5.41) is 3.09. The zero-order valence-electron chi connectivity index (χ0n) is 17.6. The second kappa shape index (κ2) is 9.18. The van der Waals surface area contributed by atoms with Crippen LogP contribution in [0.15, 0.2) is 60.9 Å². The fourth-order valence-electron chi connectivity index (χ4n) is 3.93. The molecule has 2 heterocycles. The molecule has 1 fully saturated rings. The first-order valence-corrected chi connectivity index (χ1v) is 10.5. The van der Waals surface area contributed by atoms with Gasteiger partial charge in [-0.25, -0.2) is 9.97 Å². The van der Waals surface area contributed by atoms with Gasteiger partial charge < -0.3 is 5.32 Å². The van der Waals surface area contributed by atoms with Gasteiger partial charge >= 0.3 is 0 Å². The number of aromatic nitrogens is 2. The Hall–Kier alpha value is -3.05. The van der Waals surface area contributed by atoms with Crippen LogP contribution in [0.25, 0.3) is 11.1 Å². The highest BCUT2D eigenvalue weighted by molar-refractivity contribution is 5.92. The lowest BCUT2D eigenvalue weighted by molar-refractivity contribution is -0.121. The molecular formula is C25H28N4O. The third kappa shape index (κ3) is 5.10. The number of piperidine rings is 1. The highest BCUT2D eigenvalue weighted by Gasteiger charge is 2.25. The summed E-state index contributed by atoms with van der Waals surface area (Å²) < 4.78 is 0. The maximum Gasteiger partial charge on any atom is 0.227 e. The number of hydrogen-bond donors (Lipinski definition) is 1. The first-order valence-electron chi connectivity index (χ1n) is 10.5. The summed E-state index contributed by atoms with van der Waals surface area (Å²) in [4.78, 5) is 23.6. The Morgan fingerprint density at radius 3 is 2.37 bits per heavy atom. The Bertz CT molecular complexity index is 990. The Kier molecular flexibility index (Phi) is 6.19. The summed E-state index contributed by atoms with van der Waals surface area (Å²) in [6.07, 6.45) is 5.53. The summed E-state index contributed by atoms with van der Waals surface area (Å²) in [6, 6.07) is 16.6. The average Bonchev–Trinajstić information content (AvgIpc) is 2.76. The maximum absolute atomic E-state index is 12.7. The number of hydrogen-bond acceptors (Lipinski definition) is 4. The van der Waals surface area contributed by atoms with E-state index >= 15 is 0 Å². The lowest BCUT2D eigenvalue weighted by Gasteiger charge is -2.31. The first-order chi connectivity index (χ1) is 14.6. The van der Waals surface area contributed by atoms with Gasteiger partial charge in [-0.3, -0.25) is 9.69 Å². The zero-order chi connectivity index (χ0) is 20.9. The van der Waals surface area contributed by atoms with E-state index in [9.17, 15) is 4.79 Å². The van der Waals surface area contributed by atoms with Crippen LogP contribution < -0.4 is 5.32 Å². The minimum Gasteiger partial charge on any atom is -0.326 e. The van der Waals surface area contributed by atoms with Gasteiger partial charge in [0.1, 0.15) is 5.82 Å². The molecule has 0 atom stereocenters. The second-order valence-electron chi connectivity index (χ2n) is 8.13. The lowest BCUT2D eigenvalue weighted by Crippen LogP contribution is -2.37. The number of amides is 1. The third-order valence-electron chi connectivity index (χ3n) is 5.70. The maximum atomic E-state index is 12.7. The third-order valence-corrected chi connectivity index (χ3v) is 5.70. The Balaban J connectivity index is 1.29. The fourth-order valence-corrected chi connectivity index (χ4v) is 3.93. The van der Waals surface area contributed by atoms with Crippen LogP contribution >= 0.6 is 0 Å². The van der Waals surface area contributed by atoms with Crippen molar-refractivity contribution < 1.29 is 4.79 Å². The molecule has 5 nitrogen and oxygen atoms in total. The van der Waals surface area contributed by atoms with Crippen LogP contribution in [0.2, 0.25) is 0 Å². The predicted octanol–water partition coefficient (Wildman–Crippen LogP) is 4.61. The molecular weight excluding hydrogens is 372 g/mol. The number of aryl methyl sites for hydroxylation is 2. The average molecular weight is 401 g/mol. The van der Waals surface area contributed by atoms with E-state index in [0.29, 0.717) is 0 Å². The molecule has 0 aliphatic carbocycles. The summed E-state index contributed by atoms with van der Waals surface area (Å²) >= 11 is 0. The molecule has 0 spiro atoms. The SMILES string of the molecule is Cc1cccc(-c2ccc(NC(=O)C3CCN(Cc4cnc(C)nc4)CC3)cc2)c1. The second-order valence-corrected chi connectivity index (χ2v) is 8.13. The Morgan fingerprint density at radius 1 is 1.00 bits per heavy atom. The summed E-state index contributed by atoms with van der Waals surface area (Å²) in [5.74, 6) is 0.977. The lowest BCUT2D eigenvalue weighted by atomic mass is 9.95. The molecule has 0 unspecified atom stereocenters. The van der Waals surface area contributed by atoms with Crippen LogP contribution in [0, 0.1) is 19.8 Å². The van der Waals surface area contributed by atoms with Crippen LogP contribution in [0.5, 0.6) is 0 Å². The number of carbonyl (C=O) groups excluding carboxylic acids is 1. The number of carbonyl (C=O) groups is 1. The molecule has 3 aromatic rings. The summed E-state index contributed by atoms with van der Waals surface area (Å²) in [7, 11) is 0. The molecule has 1 aliphatic heterocycles. The topological polar surface area (TPSA) is 58.1 Å². The van der Waals surface area contributed by atoms with Gasteiger partial charge in [-0.1, -0.05) is 42.0 Å². The van der Waals surface area contributed by atoms with Crippen LogP contribution in [-0.2, 0) is 11.3 Å². The molecule has 1 saturated heterocycles. The molecule has 5 heteroatoms. The smallest absolute Gasteiger partial charge is 0.227 e. The van der Waals surface area contributed by atoms with Gasteiger partial charge in [-0.15, -0.1) is 0 Å². The molecule has 1 N–H and O–H groups in total.